The van der Waals surface area contributed by atoms with E-state index in [0.717, 1.165) is 42.2 Å². The van der Waals surface area contributed by atoms with Gasteiger partial charge < -0.3 is 9.74 Å². The molecule has 4 nitrogen and oxygen atoms in total. The van der Waals surface area contributed by atoms with Crippen molar-refractivity contribution in [2.75, 3.05) is 13.1 Å². The van der Waals surface area contributed by atoms with Gasteiger partial charge in [-0.15, -0.1) is 0 Å². The third-order valence-electron chi connectivity index (χ3n) is 4.28. The van der Waals surface area contributed by atoms with Gasteiger partial charge in [-0.3, -0.25) is 4.79 Å². The van der Waals surface area contributed by atoms with Crippen molar-refractivity contribution < 1.29 is 9.63 Å². The van der Waals surface area contributed by atoms with Crippen molar-refractivity contribution in [3.8, 4) is 0 Å². The van der Waals surface area contributed by atoms with Crippen LogP contribution >= 0.6 is 11.6 Å². The zero-order valence-electron chi connectivity index (χ0n) is 12.6. The molecular formula is C17H21ClN2O2. The molecule has 0 bridgehead atoms. The Kier molecular flexibility index (Phi) is 4.98. The molecule has 0 aromatic heterocycles. The minimum absolute atomic E-state index is 0.0832. The van der Waals surface area contributed by atoms with Gasteiger partial charge in [0, 0.05) is 31.0 Å². The van der Waals surface area contributed by atoms with Crippen LogP contribution in [-0.2, 0) is 16.1 Å². The third-order valence-corrected chi connectivity index (χ3v) is 4.64. The summed E-state index contributed by atoms with van der Waals surface area (Å²) in [7, 11) is 0. The number of carbonyl (C=O) groups is 1. The van der Waals surface area contributed by atoms with E-state index in [1.165, 1.54) is 12.8 Å². The summed E-state index contributed by atoms with van der Waals surface area (Å²) in [5.74, 6) is 0.0832. The summed E-state index contributed by atoms with van der Waals surface area (Å²) in [4.78, 5) is 19.8. The van der Waals surface area contributed by atoms with Crippen molar-refractivity contribution in [2.45, 2.75) is 44.6 Å². The number of oxime groups is 1. The zero-order chi connectivity index (χ0) is 15.4. The van der Waals surface area contributed by atoms with E-state index in [2.05, 4.69) is 5.16 Å². The van der Waals surface area contributed by atoms with E-state index in [-0.39, 0.29) is 5.91 Å². The van der Waals surface area contributed by atoms with Crippen LogP contribution < -0.4 is 0 Å². The molecule has 1 atom stereocenters. The lowest BCUT2D eigenvalue weighted by Crippen LogP contribution is -2.39. The second-order valence-corrected chi connectivity index (χ2v) is 6.37. The lowest BCUT2D eigenvalue weighted by molar-refractivity contribution is -0.142. The molecule has 1 saturated heterocycles. The van der Waals surface area contributed by atoms with Gasteiger partial charge in [0.25, 0.3) is 5.91 Å². The number of likely N-dealkylation sites (tertiary alicyclic amines) is 1. The number of rotatable bonds is 3. The lowest BCUT2D eigenvalue weighted by Gasteiger charge is -2.22. The molecule has 1 amide bonds. The molecule has 2 heterocycles. The minimum atomic E-state index is -0.449. The standard InChI is InChI=1S/C17H21ClN2O2/c18-15-8-4-3-7-13(15)11-14-12-16(22-19-14)17(21)20-9-5-1-2-6-10-20/h3-4,7-8,16H,1-2,5-6,9-12H2/t16-/m1/s1. The van der Waals surface area contributed by atoms with Gasteiger partial charge >= 0.3 is 0 Å². The number of hydrogen-bond acceptors (Lipinski definition) is 3. The van der Waals surface area contributed by atoms with Crippen molar-refractivity contribution in [1.29, 1.82) is 0 Å². The Morgan fingerprint density at radius 1 is 1.23 bits per heavy atom. The number of benzene rings is 1. The van der Waals surface area contributed by atoms with Crippen molar-refractivity contribution >= 4 is 23.2 Å². The number of halogens is 1. The Balaban J connectivity index is 1.57. The average Bonchev–Trinajstić information content (AvgIpc) is 2.82. The first-order valence-corrected chi connectivity index (χ1v) is 8.35. The Morgan fingerprint density at radius 2 is 1.95 bits per heavy atom. The summed E-state index contributed by atoms with van der Waals surface area (Å²) in [5, 5.41) is 4.83. The monoisotopic (exact) mass is 320 g/mol. The van der Waals surface area contributed by atoms with Gasteiger partial charge in [0.15, 0.2) is 0 Å². The second kappa shape index (κ2) is 7.14. The summed E-state index contributed by atoms with van der Waals surface area (Å²) < 4.78 is 0. The molecule has 1 aromatic rings. The highest BCUT2D eigenvalue weighted by atomic mass is 35.5. The van der Waals surface area contributed by atoms with E-state index >= 15 is 0 Å². The van der Waals surface area contributed by atoms with Crippen LogP contribution in [0.1, 0.15) is 37.7 Å². The predicted molar refractivity (Wildman–Crippen MR) is 87.1 cm³/mol. The second-order valence-electron chi connectivity index (χ2n) is 5.96. The van der Waals surface area contributed by atoms with Gasteiger partial charge in [-0.1, -0.05) is 47.8 Å². The van der Waals surface area contributed by atoms with Gasteiger partial charge in [-0.05, 0) is 24.5 Å². The van der Waals surface area contributed by atoms with Gasteiger partial charge in [-0.2, -0.15) is 0 Å². The van der Waals surface area contributed by atoms with Crippen molar-refractivity contribution in [1.82, 2.24) is 4.90 Å². The summed E-state index contributed by atoms with van der Waals surface area (Å²) in [6, 6.07) is 7.71. The van der Waals surface area contributed by atoms with E-state index < -0.39 is 6.10 Å². The summed E-state index contributed by atoms with van der Waals surface area (Å²) >= 11 is 6.17. The average molecular weight is 321 g/mol. The van der Waals surface area contributed by atoms with E-state index in [0.29, 0.717) is 12.8 Å². The van der Waals surface area contributed by atoms with Crippen LogP contribution in [0.25, 0.3) is 0 Å². The summed E-state index contributed by atoms with van der Waals surface area (Å²) in [6.45, 7) is 1.69. The van der Waals surface area contributed by atoms with Crippen LogP contribution in [-0.4, -0.2) is 35.7 Å². The first-order valence-electron chi connectivity index (χ1n) is 7.98. The molecule has 1 fully saturated rings. The Morgan fingerprint density at radius 3 is 2.68 bits per heavy atom. The molecule has 3 rings (SSSR count). The molecule has 0 spiro atoms. The summed E-state index contributed by atoms with van der Waals surface area (Å²) in [6.07, 6.45) is 5.37. The molecular weight excluding hydrogens is 300 g/mol. The molecule has 0 unspecified atom stereocenters. The van der Waals surface area contributed by atoms with E-state index in [4.69, 9.17) is 16.4 Å². The van der Waals surface area contributed by atoms with E-state index in [1.807, 2.05) is 29.2 Å². The number of carbonyl (C=O) groups excluding carboxylic acids is 1. The highest BCUT2D eigenvalue weighted by Gasteiger charge is 2.32. The van der Waals surface area contributed by atoms with Crippen LogP contribution in [0.4, 0.5) is 0 Å². The van der Waals surface area contributed by atoms with Crippen LogP contribution in [0.15, 0.2) is 29.4 Å². The molecule has 2 aliphatic heterocycles. The van der Waals surface area contributed by atoms with Crippen molar-refractivity contribution in [3.05, 3.63) is 34.9 Å². The van der Waals surface area contributed by atoms with Crippen molar-refractivity contribution in [3.63, 3.8) is 0 Å². The quantitative estimate of drug-likeness (QED) is 0.856. The van der Waals surface area contributed by atoms with E-state index in [9.17, 15) is 4.79 Å². The Hall–Kier alpha value is -1.55. The van der Waals surface area contributed by atoms with Crippen LogP contribution in [0.5, 0.6) is 0 Å². The maximum atomic E-state index is 12.5. The molecule has 0 N–H and O–H groups in total. The first kappa shape index (κ1) is 15.3. The number of hydrogen-bond donors (Lipinski definition) is 0. The molecule has 118 valence electrons. The minimum Gasteiger partial charge on any atom is -0.382 e. The molecule has 5 heteroatoms. The first-order chi connectivity index (χ1) is 10.7. The molecule has 0 aliphatic carbocycles. The number of nitrogens with zero attached hydrogens (tertiary/aromatic N) is 2. The topological polar surface area (TPSA) is 41.9 Å². The molecule has 1 aromatic carbocycles. The molecule has 0 radical (unpaired) electrons. The van der Waals surface area contributed by atoms with Gasteiger partial charge in [0.05, 0.1) is 5.71 Å². The highest BCUT2D eigenvalue weighted by Crippen LogP contribution is 2.22. The SMILES string of the molecule is O=C([C@H]1CC(Cc2ccccc2Cl)=NO1)N1CCCCCC1. The fourth-order valence-electron chi connectivity index (χ4n) is 3.02. The van der Waals surface area contributed by atoms with Crippen molar-refractivity contribution in [2.24, 2.45) is 5.16 Å². The Bertz CT molecular complexity index is 566. The lowest BCUT2D eigenvalue weighted by atomic mass is 10.0. The normalized spacial score (nSPS) is 22.0. The van der Waals surface area contributed by atoms with Crippen LogP contribution in [0, 0.1) is 0 Å². The highest BCUT2D eigenvalue weighted by molar-refractivity contribution is 6.31. The maximum Gasteiger partial charge on any atom is 0.266 e. The fourth-order valence-corrected chi connectivity index (χ4v) is 3.22. The number of amides is 1. The Labute approximate surface area is 136 Å². The third kappa shape index (κ3) is 3.61. The fraction of sp³-hybridized carbons (Fsp3) is 0.529. The molecule has 22 heavy (non-hydrogen) atoms. The largest absolute Gasteiger partial charge is 0.382 e. The predicted octanol–water partition coefficient (Wildman–Crippen LogP) is 3.43. The summed E-state index contributed by atoms with van der Waals surface area (Å²) in [5.41, 5.74) is 1.91. The van der Waals surface area contributed by atoms with Gasteiger partial charge in [-0.25, -0.2) is 0 Å². The van der Waals surface area contributed by atoms with Gasteiger partial charge in [0.2, 0.25) is 6.10 Å². The maximum absolute atomic E-state index is 12.5. The molecule has 2 aliphatic rings. The zero-order valence-corrected chi connectivity index (χ0v) is 13.4. The smallest absolute Gasteiger partial charge is 0.266 e. The molecule has 0 saturated carbocycles. The van der Waals surface area contributed by atoms with Gasteiger partial charge in [0.1, 0.15) is 0 Å². The van der Waals surface area contributed by atoms with E-state index in [1.54, 1.807) is 0 Å². The van der Waals surface area contributed by atoms with Crippen LogP contribution in [0.3, 0.4) is 0 Å². The van der Waals surface area contributed by atoms with Crippen LogP contribution in [0.2, 0.25) is 5.02 Å².